The van der Waals surface area contributed by atoms with Gasteiger partial charge in [0.05, 0.1) is 11.6 Å². The third kappa shape index (κ3) is 2.26. The lowest BCUT2D eigenvalue weighted by Crippen LogP contribution is -2.13. The molecule has 2 aromatic rings. The number of hydrogen-bond acceptors (Lipinski definition) is 3. The Morgan fingerprint density at radius 1 is 1.39 bits per heavy atom. The van der Waals surface area contributed by atoms with Crippen LogP contribution in [0.4, 0.5) is 0 Å². The molecule has 1 aliphatic heterocycles. The molecule has 3 rings (SSSR count). The average Bonchev–Trinajstić information content (AvgIpc) is 2.98. The molecule has 2 heterocycles. The summed E-state index contributed by atoms with van der Waals surface area (Å²) in [4.78, 5) is 1.15. The van der Waals surface area contributed by atoms with Crippen molar-refractivity contribution in [3.63, 3.8) is 0 Å². The van der Waals surface area contributed by atoms with Gasteiger partial charge in [-0.2, -0.15) is 0 Å². The van der Waals surface area contributed by atoms with Crippen LogP contribution in [0.3, 0.4) is 0 Å². The molecule has 1 aromatic carbocycles. The predicted octanol–water partition coefficient (Wildman–Crippen LogP) is 3.58. The fourth-order valence-corrected chi connectivity index (χ4v) is 3.40. The third-order valence-corrected chi connectivity index (χ3v) is 4.65. The molecule has 0 aliphatic carbocycles. The van der Waals surface area contributed by atoms with Crippen LogP contribution < -0.4 is 10.5 Å². The van der Waals surface area contributed by atoms with Crippen LogP contribution in [-0.2, 0) is 12.8 Å². The molecule has 1 unspecified atom stereocenters. The Kier molecular flexibility index (Phi) is 3.29. The molecule has 1 atom stereocenters. The molecule has 0 saturated carbocycles. The minimum absolute atomic E-state index is 0.00736. The molecule has 1 aromatic heterocycles. The van der Waals surface area contributed by atoms with Gasteiger partial charge in [0.2, 0.25) is 0 Å². The summed E-state index contributed by atoms with van der Waals surface area (Å²) >= 11 is 7.76. The van der Waals surface area contributed by atoms with Crippen molar-refractivity contribution < 1.29 is 4.74 Å². The summed E-state index contributed by atoms with van der Waals surface area (Å²) < 4.78 is 5.50. The lowest BCUT2D eigenvalue weighted by atomic mass is 10.0. The standard InChI is InChI=1S/C14H14ClNOS/c15-11-4-6-18-14(11)8-12(16)9-1-2-13-10(7-9)3-5-17-13/h1-2,4,6-7,12H,3,5,8,16H2. The normalized spacial score (nSPS) is 15.2. The van der Waals surface area contributed by atoms with Gasteiger partial charge in [-0.3, -0.25) is 0 Å². The lowest BCUT2D eigenvalue weighted by Gasteiger charge is -2.12. The van der Waals surface area contributed by atoms with E-state index in [2.05, 4.69) is 12.1 Å². The number of nitrogens with two attached hydrogens (primary N) is 1. The summed E-state index contributed by atoms with van der Waals surface area (Å²) in [6.45, 7) is 0.783. The fourth-order valence-electron chi connectivity index (χ4n) is 2.23. The van der Waals surface area contributed by atoms with Crippen LogP contribution in [0.5, 0.6) is 5.75 Å². The van der Waals surface area contributed by atoms with E-state index in [0.717, 1.165) is 40.7 Å². The Morgan fingerprint density at radius 3 is 3.06 bits per heavy atom. The van der Waals surface area contributed by atoms with Crippen LogP contribution in [0.25, 0.3) is 0 Å². The van der Waals surface area contributed by atoms with Crippen LogP contribution in [0.1, 0.15) is 22.0 Å². The van der Waals surface area contributed by atoms with E-state index in [1.807, 2.05) is 17.5 Å². The van der Waals surface area contributed by atoms with Crippen molar-refractivity contribution in [2.75, 3.05) is 6.61 Å². The Labute approximate surface area is 115 Å². The molecule has 18 heavy (non-hydrogen) atoms. The molecule has 0 bridgehead atoms. The number of benzene rings is 1. The molecule has 2 N–H and O–H groups in total. The van der Waals surface area contributed by atoms with E-state index < -0.39 is 0 Å². The van der Waals surface area contributed by atoms with Gasteiger partial charge in [0.25, 0.3) is 0 Å². The second-order valence-electron chi connectivity index (χ2n) is 4.47. The van der Waals surface area contributed by atoms with Crippen molar-refractivity contribution in [2.24, 2.45) is 5.73 Å². The van der Waals surface area contributed by atoms with Crippen LogP contribution >= 0.6 is 22.9 Å². The zero-order valence-electron chi connectivity index (χ0n) is 9.86. The Morgan fingerprint density at radius 2 is 2.28 bits per heavy atom. The molecule has 0 spiro atoms. The molecule has 0 fully saturated rings. The van der Waals surface area contributed by atoms with Crippen LogP contribution in [-0.4, -0.2) is 6.61 Å². The third-order valence-electron chi connectivity index (χ3n) is 3.24. The highest BCUT2D eigenvalue weighted by Gasteiger charge is 2.16. The highest BCUT2D eigenvalue weighted by molar-refractivity contribution is 7.10. The summed E-state index contributed by atoms with van der Waals surface area (Å²) in [6.07, 6.45) is 1.77. The van der Waals surface area contributed by atoms with Crippen molar-refractivity contribution in [3.8, 4) is 5.75 Å². The number of ether oxygens (including phenoxy) is 1. The minimum Gasteiger partial charge on any atom is -0.493 e. The molecular formula is C14H14ClNOS. The van der Waals surface area contributed by atoms with E-state index in [-0.39, 0.29) is 6.04 Å². The van der Waals surface area contributed by atoms with Gasteiger partial charge in [-0.05, 0) is 28.6 Å². The van der Waals surface area contributed by atoms with E-state index >= 15 is 0 Å². The highest BCUT2D eigenvalue weighted by atomic mass is 35.5. The van der Waals surface area contributed by atoms with Crippen LogP contribution in [0, 0.1) is 0 Å². The molecule has 94 valence electrons. The van der Waals surface area contributed by atoms with Gasteiger partial charge in [0.1, 0.15) is 5.75 Å². The SMILES string of the molecule is NC(Cc1sccc1Cl)c1ccc2c(c1)CCO2. The zero-order valence-corrected chi connectivity index (χ0v) is 11.4. The van der Waals surface area contributed by atoms with Crippen molar-refractivity contribution in [3.05, 3.63) is 50.7 Å². The van der Waals surface area contributed by atoms with Gasteiger partial charge >= 0.3 is 0 Å². The number of hydrogen-bond donors (Lipinski definition) is 1. The van der Waals surface area contributed by atoms with E-state index in [4.69, 9.17) is 22.1 Å². The fraction of sp³-hybridized carbons (Fsp3) is 0.286. The second-order valence-corrected chi connectivity index (χ2v) is 5.88. The minimum atomic E-state index is -0.00736. The van der Waals surface area contributed by atoms with E-state index in [0.29, 0.717) is 0 Å². The molecular weight excluding hydrogens is 266 g/mol. The molecule has 0 amide bonds. The maximum absolute atomic E-state index is 6.26. The molecule has 2 nitrogen and oxygen atoms in total. The van der Waals surface area contributed by atoms with Crippen LogP contribution in [0.15, 0.2) is 29.6 Å². The first kappa shape index (κ1) is 12.0. The van der Waals surface area contributed by atoms with Gasteiger partial charge in [0.15, 0.2) is 0 Å². The smallest absolute Gasteiger partial charge is 0.122 e. The van der Waals surface area contributed by atoms with E-state index in [1.165, 1.54) is 5.56 Å². The first-order valence-corrected chi connectivity index (χ1v) is 7.23. The zero-order chi connectivity index (χ0) is 12.5. The topological polar surface area (TPSA) is 35.2 Å². The second kappa shape index (κ2) is 4.92. The Bertz CT molecular complexity index is 567. The highest BCUT2D eigenvalue weighted by Crippen LogP contribution is 2.30. The summed E-state index contributed by atoms with van der Waals surface area (Å²) in [6, 6.07) is 8.15. The maximum Gasteiger partial charge on any atom is 0.122 e. The molecule has 0 radical (unpaired) electrons. The molecule has 0 saturated heterocycles. The van der Waals surface area contributed by atoms with Gasteiger partial charge < -0.3 is 10.5 Å². The van der Waals surface area contributed by atoms with Gasteiger partial charge in [-0.25, -0.2) is 0 Å². The Hall–Kier alpha value is -1.03. The summed E-state index contributed by atoms with van der Waals surface area (Å²) in [5.74, 6) is 1.00. The number of rotatable bonds is 3. The van der Waals surface area contributed by atoms with E-state index in [1.54, 1.807) is 11.3 Å². The molecule has 1 aliphatic rings. The predicted molar refractivity (Wildman–Crippen MR) is 75.6 cm³/mol. The number of fused-ring (bicyclic) bond motifs is 1. The average molecular weight is 280 g/mol. The monoisotopic (exact) mass is 279 g/mol. The van der Waals surface area contributed by atoms with Crippen molar-refractivity contribution in [2.45, 2.75) is 18.9 Å². The summed E-state index contributed by atoms with van der Waals surface area (Å²) in [5.41, 5.74) is 8.68. The first-order valence-electron chi connectivity index (χ1n) is 5.97. The maximum atomic E-state index is 6.26. The Balaban J connectivity index is 1.80. The van der Waals surface area contributed by atoms with Crippen LogP contribution in [0.2, 0.25) is 5.02 Å². The first-order chi connectivity index (χ1) is 8.74. The summed E-state index contributed by atoms with van der Waals surface area (Å²) in [5, 5.41) is 2.82. The number of thiophene rings is 1. The van der Waals surface area contributed by atoms with Gasteiger partial charge in [-0.15, -0.1) is 11.3 Å². The largest absolute Gasteiger partial charge is 0.493 e. The van der Waals surface area contributed by atoms with Crippen molar-refractivity contribution in [1.82, 2.24) is 0 Å². The van der Waals surface area contributed by atoms with E-state index in [9.17, 15) is 0 Å². The summed E-state index contributed by atoms with van der Waals surface area (Å²) in [7, 11) is 0. The van der Waals surface area contributed by atoms with Crippen molar-refractivity contribution in [1.29, 1.82) is 0 Å². The lowest BCUT2D eigenvalue weighted by molar-refractivity contribution is 0.357. The number of halogens is 1. The quantitative estimate of drug-likeness (QED) is 0.932. The van der Waals surface area contributed by atoms with Crippen molar-refractivity contribution >= 4 is 22.9 Å². The van der Waals surface area contributed by atoms with Gasteiger partial charge in [-0.1, -0.05) is 23.7 Å². The molecule has 4 heteroatoms. The van der Waals surface area contributed by atoms with Gasteiger partial charge in [0, 0.05) is 23.8 Å².